The molecule has 0 atom stereocenters. The molecule has 0 aliphatic carbocycles. The van der Waals surface area contributed by atoms with Gasteiger partial charge in [-0.2, -0.15) is 0 Å². The quantitative estimate of drug-likeness (QED) is 0.292. The topological polar surface area (TPSA) is 59.1 Å². The number of methoxy groups -OCH3 is 1. The SMILES string of the molecule is CCOCCCN(CC(=O)N(Cc1ccc(F)cc1)Cc1sccc1C)C(=O)c1cccc(OC)c1. The third-order valence-electron chi connectivity index (χ3n) is 5.79. The molecule has 3 aromatic rings. The van der Waals surface area contributed by atoms with E-state index in [1.54, 1.807) is 64.6 Å². The summed E-state index contributed by atoms with van der Waals surface area (Å²) in [4.78, 5) is 31.4. The van der Waals surface area contributed by atoms with Crippen LogP contribution in [-0.4, -0.2) is 55.0 Å². The molecule has 0 saturated carbocycles. The molecule has 1 aromatic heterocycles. The summed E-state index contributed by atoms with van der Waals surface area (Å²) in [6.45, 7) is 6.06. The second kappa shape index (κ2) is 13.8. The van der Waals surface area contributed by atoms with Crippen molar-refractivity contribution in [1.82, 2.24) is 9.80 Å². The van der Waals surface area contributed by atoms with E-state index in [9.17, 15) is 14.0 Å². The van der Waals surface area contributed by atoms with E-state index in [1.165, 1.54) is 12.1 Å². The van der Waals surface area contributed by atoms with Crippen molar-refractivity contribution in [2.24, 2.45) is 0 Å². The number of rotatable bonds is 13. The van der Waals surface area contributed by atoms with E-state index in [1.807, 2.05) is 25.3 Å². The zero-order valence-electron chi connectivity index (χ0n) is 21.0. The average Bonchev–Trinajstić information content (AvgIpc) is 3.30. The molecule has 192 valence electrons. The Bertz CT molecular complexity index is 1130. The zero-order valence-corrected chi connectivity index (χ0v) is 21.9. The zero-order chi connectivity index (χ0) is 25.9. The number of aryl methyl sites for hydroxylation is 1. The number of ether oxygens (including phenoxy) is 2. The van der Waals surface area contributed by atoms with Gasteiger partial charge in [0.15, 0.2) is 0 Å². The van der Waals surface area contributed by atoms with Crippen LogP contribution in [0.1, 0.15) is 39.7 Å². The first kappa shape index (κ1) is 27.4. The molecule has 2 aromatic carbocycles. The number of carbonyl (C=O) groups is 2. The van der Waals surface area contributed by atoms with Gasteiger partial charge in [0.05, 0.1) is 13.7 Å². The van der Waals surface area contributed by atoms with Crippen molar-refractivity contribution in [3.63, 3.8) is 0 Å². The van der Waals surface area contributed by atoms with Crippen LogP contribution in [0.3, 0.4) is 0 Å². The molecule has 8 heteroatoms. The fourth-order valence-corrected chi connectivity index (χ4v) is 4.66. The molecule has 0 unspecified atom stereocenters. The highest BCUT2D eigenvalue weighted by Crippen LogP contribution is 2.21. The minimum absolute atomic E-state index is 0.0756. The molecule has 2 amide bonds. The van der Waals surface area contributed by atoms with Crippen molar-refractivity contribution < 1.29 is 23.5 Å². The molecule has 3 rings (SSSR count). The van der Waals surface area contributed by atoms with E-state index in [0.29, 0.717) is 50.6 Å². The van der Waals surface area contributed by atoms with Gasteiger partial charge in [-0.15, -0.1) is 11.3 Å². The monoisotopic (exact) mass is 512 g/mol. The normalized spacial score (nSPS) is 10.8. The number of hydrogen-bond donors (Lipinski definition) is 0. The molecule has 6 nitrogen and oxygen atoms in total. The van der Waals surface area contributed by atoms with Crippen LogP contribution < -0.4 is 4.74 Å². The number of thiophene rings is 1. The first-order valence-corrected chi connectivity index (χ1v) is 12.9. The number of benzene rings is 2. The highest BCUT2D eigenvalue weighted by atomic mass is 32.1. The van der Waals surface area contributed by atoms with E-state index < -0.39 is 0 Å². The number of nitrogens with zero attached hydrogens (tertiary/aromatic N) is 2. The lowest BCUT2D eigenvalue weighted by Crippen LogP contribution is -2.43. The van der Waals surface area contributed by atoms with Gasteiger partial charge in [-0.05, 0) is 73.2 Å². The predicted octanol–water partition coefficient (Wildman–Crippen LogP) is 5.30. The number of carbonyl (C=O) groups excluding carboxylic acids is 2. The largest absolute Gasteiger partial charge is 0.497 e. The minimum Gasteiger partial charge on any atom is -0.497 e. The molecule has 0 fully saturated rings. The van der Waals surface area contributed by atoms with Gasteiger partial charge >= 0.3 is 0 Å². The molecule has 0 spiro atoms. The molecule has 0 radical (unpaired) electrons. The van der Waals surface area contributed by atoms with Crippen molar-refractivity contribution in [2.45, 2.75) is 33.4 Å². The summed E-state index contributed by atoms with van der Waals surface area (Å²) in [5, 5.41) is 2.00. The number of amides is 2. The van der Waals surface area contributed by atoms with Gasteiger partial charge in [-0.3, -0.25) is 9.59 Å². The van der Waals surface area contributed by atoms with Crippen LogP contribution in [0.4, 0.5) is 4.39 Å². The highest BCUT2D eigenvalue weighted by Gasteiger charge is 2.24. The molecule has 0 bridgehead atoms. The van der Waals surface area contributed by atoms with E-state index in [2.05, 4.69) is 0 Å². The summed E-state index contributed by atoms with van der Waals surface area (Å²) < 4.78 is 24.2. The van der Waals surface area contributed by atoms with Gasteiger partial charge in [-0.1, -0.05) is 18.2 Å². The fourth-order valence-electron chi connectivity index (χ4n) is 3.74. The molecule has 0 N–H and O–H groups in total. The van der Waals surface area contributed by atoms with Crippen molar-refractivity contribution in [1.29, 1.82) is 0 Å². The Kier molecular flexibility index (Phi) is 10.5. The van der Waals surface area contributed by atoms with Crippen molar-refractivity contribution >= 4 is 23.2 Å². The summed E-state index contributed by atoms with van der Waals surface area (Å²) in [5.74, 6) is -0.171. The van der Waals surface area contributed by atoms with Gasteiger partial charge in [0.2, 0.25) is 5.91 Å². The highest BCUT2D eigenvalue weighted by molar-refractivity contribution is 7.10. The van der Waals surface area contributed by atoms with Crippen LogP contribution in [0.15, 0.2) is 60.0 Å². The van der Waals surface area contributed by atoms with Gasteiger partial charge < -0.3 is 19.3 Å². The molecule has 1 heterocycles. The summed E-state index contributed by atoms with van der Waals surface area (Å²) in [5.41, 5.74) is 2.39. The molecular formula is C28H33FN2O4S. The molecule has 0 saturated heterocycles. The Morgan fingerprint density at radius 3 is 2.47 bits per heavy atom. The molecule has 36 heavy (non-hydrogen) atoms. The second-order valence-corrected chi connectivity index (χ2v) is 9.41. The minimum atomic E-state index is -0.324. The molecule has 0 aliphatic heterocycles. The Hall–Kier alpha value is -3.23. The summed E-state index contributed by atoms with van der Waals surface area (Å²) in [7, 11) is 1.55. The smallest absolute Gasteiger partial charge is 0.254 e. The van der Waals surface area contributed by atoms with Crippen LogP contribution in [0.5, 0.6) is 5.75 Å². The molecule has 0 aliphatic rings. The lowest BCUT2D eigenvalue weighted by molar-refractivity contribution is -0.133. The van der Waals surface area contributed by atoms with Crippen molar-refractivity contribution in [2.75, 3.05) is 33.4 Å². The summed E-state index contributed by atoms with van der Waals surface area (Å²) in [6, 6.07) is 15.1. The average molecular weight is 513 g/mol. The van der Waals surface area contributed by atoms with Crippen LogP contribution >= 0.6 is 11.3 Å². The number of halogens is 1. The van der Waals surface area contributed by atoms with Crippen molar-refractivity contribution in [3.8, 4) is 5.75 Å². The van der Waals surface area contributed by atoms with Gasteiger partial charge in [0.1, 0.15) is 18.1 Å². The van der Waals surface area contributed by atoms with E-state index in [4.69, 9.17) is 9.47 Å². The van der Waals surface area contributed by atoms with Gasteiger partial charge in [0.25, 0.3) is 5.91 Å². The van der Waals surface area contributed by atoms with Crippen LogP contribution in [0.2, 0.25) is 0 Å². The first-order valence-electron chi connectivity index (χ1n) is 12.0. The summed E-state index contributed by atoms with van der Waals surface area (Å²) in [6.07, 6.45) is 0.610. The lowest BCUT2D eigenvalue weighted by Gasteiger charge is -2.28. The van der Waals surface area contributed by atoms with Gasteiger partial charge in [-0.25, -0.2) is 4.39 Å². The van der Waals surface area contributed by atoms with Crippen LogP contribution in [0, 0.1) is 12.7 Å². The Morgan fingerprint density at radius 2 is 1.81 bits per heavy atom. The maximum absolute atomic E-state index is 13.6. The Balaban J connectivity index is 1.82. The lowest BCUT2D eigenvalue weighted by atomic mass is 10.1. The molecular weight excluding hydrogens is 479 g/mol. The first-order chi connectivity index (χ1) is 17.4. The van der Waals surface area contributed by atoms with E-state index >= 15 is 0 Å². The van der Waals surface area contributed by atoms with Gasteiger partial charge in [0, 0.05) is 36.7 Å². The Labute approximate surface area is 216 Å². The maximum atomic E-state index is 13.6. The van der Waals surface area contributed by atoms with E-state index in [0.717, 1.165) is 16.0 Å². The predicted molar refractivity (Wildman–Crippen MR) is 140 cm³/mol. The maximum Gasteiger partial charge on any atom is 0.254 e. The third kappa shape index (κ3) is 7.90. The standard InChI is InChI=1S/C28H33FN2O4S/c1-4-35-15-6-14-30(28(33)23-7-5-8-25(17-23)34-3)20-27(32)31(19-26-21(2)13-16-36-26)18-22-9-11-24(29)12-10-22/h5,7-13,16-17H,4,6,14-15,18-20H2,1-3H3. The van der Waals surface area contributed by atoms with Crippen LogP contribution in [-0.2, 0) is 22.6 Å². The second-order valence-electron chi connectivity index (χ2n) is 8.41. The Morgan fingerprint density at radius 1 is 1.03 bits per heavy atom. The summed E-state index contributed by atoms with van der Waals surface area (Å²) >= 11 is 1.59. The fraction of sp³-hybridized carbons (Fsp3) is 0.357. The van der Waals surface area contributed by atoms with E-state index in [-0.39, 0.29) is 24.2 Å². The number of hydrogen-bond acceptors (Lipinski definition) is 5. The van der Waals surface area contributed by atoms with Crippen molar-refractivity contribution in [3.05, 3.63) is 87.4 Å². The van der Waals surface area contributed by atoms with Crippen LogP contribution in [0.25, 0.3) is 0 Å². The third-order valence-corrected chi connectivity index (χ3v) is 6.80.